The lowest BCUT2D eigenvalue weighted by Gasteiger charge is -2.35. The van der Waals surface area contributed by atoms with Crippen molar-refractivity contribution in [1.82, 2.24) is 10.2 Å². The number of morpholine rings is 1. The number of hydrogen-bond donors (Lipinski definition) is 1. The minimum atomic E-state index is -0.304. The van der Waals surface area contributed by atoms with E-state index in [1.807, 2.05) is 30.3 Å². The quantitative estimate of drug-likeness (QED) is 0.599. The molecule has 2 amide bonds. The van der Waals surface area contributed by atoms with Crippen LogP contribution in [0, 0.1) is 17.1 Å². The third kappa shape index (κ3) is 7.38. The Morgan fingerprint density at radius 2 is 1.79 bits per heavy atom. The van der Waals surface area contributed by atoms with Crippen LogP contribution in [0.1, 0.15) is 30.9 Å². The number of halogens is 1. The first-order chi connectivity index (χ1) is 16.1. The highest BCUT2D eigenvalue weighted by atomic mass is 19.1. The average molecular weight is 453 g/mol. The Balaban J connectivity index is 1.57. The molecule has 3 rings (SSSR count). The van der Waals surface area contributed by atoms with Crippen LogP contribution in [0.5, 0.6) is 0 Å². The summed E-state index contributed by atoms with van der Waals surface area (Å²) in [5.74, 6) is -0.728. The minimum Gasteiger partial charge on any atom is -0.379 e. The maximum atomic E-state index is 13.4. The Labute approximate surface area is 193 Å². The van der Waals surface area contributed by atoms with Gasteiger partial charge in [-0.05, 0) is 29.8 Å². The lowest BCUT2D eigenvalue weighted by atomic mass is 10.0. The average Bonchev–Trinajstić information content (AvgIpc) is 2.85. The van der Waals surface area contributed by atoms with Crippen molar-refractivity contribution in [3.63, 3.8) is 0 Å². The number of nitriles is 1. The zero-order valence-corrected chi connectivity index (χ0v) is 18.6. The highest BCUT2D eigenvalue weighted by Gasteiger charge is 2.24. The molecule has 7 nitrogen and oxygen atoms in total. The van der Waals surface area contributed by atoms with E-state index in [0.29, 0.717) is 25.4 Å². The number of carbonyl (C=O) groups is 2. The zero-order valence-electron chi connectivity index (χ0n) is 18.6. The van der Waals surface area contributed by atoms with Crippen molar-refractivity contribution in [3.8, 4) is 6.07 Å². The van der Waals surface area contributed by atoms with Crippen molar-refractivity contribution in [2.45, 2.75) is 25.3 Å². The number of anilines is 1. The van der Waals surface area contributed by atoms with E-state index in [9.17, 15) is 14.0 Å². The number of carbonyl (C=O) groups excluding carboxylic acids is 2. The van der Waals surface area contributed by atoms with Gasteiger partial charge in [0, 0.05) is 44.7 Å². The van der Waals surface area contributed by atoms with Gasteiger partial charge in [-0.1, -0.05) is 30.3 Å². The number of ether oxygens (including phenoxy) is 1. The molecule has 2 aromatic carbocycles. The first-order valence-corrected chi connectivity index (χ1v) is 11.1. The van der Waals surface area contributed by atoms with Gasteiger partial charge in [0.1, 0.15) is 5.82 Å². The van der Waals surface area contributed by atoms with Gasteiger partial charge in [-0.3, -0.25) is 14.5 Å². The van der Waals surface area contributed by atoms with Gasteiger partial charge in [0.25, 0.3) is 0 Å². The Kier molecular flexibility index (Phi) is 9.36. The molecular weight excluding hydrogens is 423 g/mol. The molecule has 8 heteroatoms. The van der Waals surface area contributed by atoms with Crippen LogP contribution in [0.15, 0.2) is 54.6 Å². The SMILES string of the molecule is N#CCCN(C(=O)CCC(=O)NCC(c1ccc(F)cc1)N1CCOCC1)c1ccccc1. The standard InChI is InChI=1S/C25H29FN4O3/c26-21-9-7-20(8-10-21)23(29-15-17-33-18-16-29)19-28-24(31)11-12-25(32)30(14-4-13-27)22-5-2-1-3-6-22/h1-3,5-10,23H,4,11-12,14-19H2,(H,28,31). The Hall–Kier alpha value is -3.28. The predicted octanol–water partition coefficient (Wildman–Crippen LogP) is 3.04. The molecule has 2 aromatic rings. The molecule has 0 spiro atoms. The summed E-state index contributed by atoms with van der Waals surface area (Å²) in [6.07, 6.45) is 0.310. The molecule has 1 unspecified atom stereocenters. The third-order valence-electron chi connectivity index (χ3n) is 5.62. The van der Waals surface area contributed by atoms with E-state index < -0.39 is 0 Å². The second-order valence-corrected chi connectivity index (χ2v) is 7.81. The van der Waals surface area contributed by atoms with E-state index >= 15 is 0 Å². The van der Waals surface area contributed by atoms with Gasteiger partial charge in [-0.25, -0.2) is 4.39 Å². The summed E-state index contributed by atoms with van der Waals surface area (Å²) in [5.41, 5.74) is 1.63. The maximum absolute atomic E-state index is 13.4. The molecule has 1 atom stereocenters. The van der Waals surface area contributed by atoms with Gasteiger partial charge in [0.15, 0.2) is 0 Å². The maximum Gasteiger partial charge on any atom is 0.227 e. The monoisotopic (exact) mass is 452 g/mol. The van der Waals surface area contributed by atoms with Gasteiger partial charge in [-0.15, -0.1) is 0 Å². The van der Waals surface area contributed by atoms with Gasteiger partial charge >= 0.3 is 0 Å². The zero-order chi connectivity index (χ0) is 23.5. The molecule has 0 saturated carbocycles. The van der Waals surface area contributed by atoms with Crippen LogP contribution in [-0.2, 0) is 14.3 Å². The van der Waals surface area contributed by atoms with Gasteiger partial charge in [0.2, 0.25) is 11.8 Å². The fourth-order valence-electron chi connectivity index (χ4n) is 3.85. The van der Waals surface area contributed by atoms with Crippen LogP contribution >= 0.6 is 0 Å². The predicted molar refractivity (Wildman–Crippen MR) is 123 cm³/mol. The fraction of sp³-hybridized carbons (Fsp3) is 0.400. The summed E-state index contributed by atoms with van der Waals surface area (Å²) in [4.78, 5) is 29.1. The molecule has 0 radical (unpaired) electrons. The van der Waals surface area contributed by atoms with E-state index in [1.54, 1.807) is 17.0 Å². The second kappa shape index (κ2) is 12.7. The number of amides is 2. The topological polar surface area (TPSA) is 85.7 Å². The minimum absolute atomic E-state index is 0.0466. The number of nitrogens with one attached hydrogen (secondary N) is 1. The molecule has 0 bridgehead atoms. The highest BCUT2D eigenvalue weighted by Crippen LogP contribution is 2.22. The molecule has 1 fully saturated rings. The molecule has 1 N–H and O–H groups in total. The smallest absolute Gasteiger partial charge is 0.227 e. The molecule has 0 aliphatic carbocycles. The first kappa shape index (κ1) is 24.4. The van der Waals surface area contributed by atoms with E-state index in [4.69, 9.17) is 10.00 Å². The molecule has 1 heterocycles. The summed E-state index contributed by atoms with van der Waals surface area (Å²) in [5, 5.41) is 11.8. The van der Waals surface area contributed by atoms with Crippen molar-refractivity contribution in [3.05, 3.63) is 66.0 Å². The van der Waals surface area contributed by atoms with E-state index in [-0.39, 0.29) is 49.5 Å². The summed E-state index contributed by atoms with van der Waals surface area (Å²) in [6, 6.07) is 17.4. The molecule has 1 aliphatic rings. The molecule has 0 aromatic heterocycles. The van der Waals surface area contributed by atoms with Crippen LogP contribution < -0.4 is 10.2 Å². The van der Waals surface area contributed by atoms with Gasteiger partial charge in [0.05, 0.1) is 31.7 Å². The van der Waals surface area contributed by atoms with Crippen molar-refractivity contribution >= 4 is 17.5 Å². The van der Waals surface area contributed by atoms with Crippen LogP contribution in [0.25, 0.3) is 0 Å². The van der Waals surface area contributed by atoms with E-state index in [2.05, 4.69) is 16.3 Å². The first-order valence-electron chi connectivity index (χ1n) is 11.1. The van der Waals surface area contributed by atoms with Gasteiger partial charge < -0.3 is 15.0 Å². The summed E-state index contributed by atoms with van der Waals surface area (Å²) >= 11 is 0. The number of nitrogens with zero attached hydrogens (tertiary/aromatic N) is 3. The van der Waals surface area contributed by atoms with Crippen LogP contribution in [0.4, 0.5) is 10.1 Å². The lowest BCUT2D eigenvalue weighted by Crippen LogP contribution is -2.44. The lowest BCUT2D eigenvalue weighted by molar-refractivity contribution is -0.125. The van der Waals surface area contributed by atoms with Crippen molar-refractivity contribution in [1.29, 1.82) is 5.26 Å². The normalized spacial score (nSPS) is 14.8. The summed E-state index contributed by atoms with van der Waals surface area (Å²) < 4.78 is 18.8. The third-order valence-corrected chi connectivity index (χ3v) is 5.62. The van der Waals surface area contributed by atoms with E-state index in [1.165, 1.54) is 12.1 Å². The van der Waals surface area contributed by atoms with Crippen LogP contribution in [0.2, 0.25) is 0 Å². The molecule has 33 heavy (non-hydrogen) atoms. The summed E-state index contributed by atoms with van der Waals surface area (Å²) in [7, 11) is 0. The van der Waals surface area contributed by atoms with Crippen LogP contribution in [-0.4, -0.2) is 56.1 Å². The van der Waals surface area contributed by atoms with Crippen molar-refractivity contribution < 1.29 is 18.7 Å². The number of benzene rings is 2. The number of rotatable bonds is 10. The number of para-hydroxylation sites is 1. The number of hydrogen-bond acceptors (Lipinski definition) is 5. The van der Waals surface area contributed by atoms with Gasteiger partial charge in [-0.2, -0.15) is 5.26 Å². The van der Waals surface area contributed by atoms with Crippen molar-refractivity contribution in [2.24, 2.45) is 0 Å². The summed E-state index contributed by atoms with van der Waals surface area (Å²) in [6.45, 7) is 3.30. The molecule has 174 valence electrons. The largest absolute Gasteiger partial charge is 0.379 e. The second-order valence-electron chi connectivity index (χ2n) is 7.81. The van der Waals surface area contributed by atoms with Crippen molar-refractivity contribution in [2.75, 3.05) is 44.3 Å². The van der Waals surface area contributed by atoms with Crippen LogP contribution in [0.3, 0.4) is 0 Å². The molecular formula is C25H29FN4O3. The Bertz CT molecular complexity index is 940. The highest BCUT2D eigenvalue weighted by molar-refractivity contribution is 5.95. The fourth-order valence-corrected chi connectivity index (χ4v) is 3.85. The molecule has 1 saturated heterocycles. The molecule has 1 aliphatic heterocycles. The Morgan fingerprint density at radius 3 is 2.45 bits per heavy atom. The van der Waals surface area contributed by atoms with E-state index in [0.717, 1.165) is 18.7 Å². The Morgan fingerprint density at radius 1 is 1.09 bits per heavy atom.